The molecule has 1 fully saturated rings. The first-order valence-corrected chi connectivity index (χ1v) is 7.96. The summed E-state index contributed by atoms with van der Waals surface area (Å²) >= 11 is 0. The van der Waals surface area contributed by atoms with Gasteiger partial charge in [-0.05, 0) is 42.5 Å². The summed E-state index contributed by atoms with van der Waals surface area (Å²) < 4.78 is 5.09. The van der Waals surface area contributed by atoms with Crippen molar-refractivity contribution in [3.8, 4) is 0 Å². The van der Waals surface area contributed by atoms with Crippen LogP contribution in [0.4, 0.5) is 10.5 Å². The number of carbonyl (C=O) groups is 3. The zero-order chi connectivity index (χ0) is 17.7. The van der Waals surface area contributed by atoms with E-state index in [0.717, 1.165) is 6.42 Å². The van der Waals surface area contributed by atoms with E-state index in [2.05, 4.69) is 19.2 Å². The minimum atomic E-state index is -0.680. The third-order valence-corrected chi connectivity index (χ3v) is 3.94. The fraction of sp³-hybridized carbons (Fsp3) is 0.471. The first kappa shape index (κ1) is 17.8. The van der Waals surface area contributed by atoms with Crippen LogP contribution in [0.3, 0.4) is 0 Å². The molecule has 0 radical (unpaired) electrons. The Morgan fingerprint density at radius 3 is 2.29 bits per heavy atom. The van der Waals surface area contributed by atoms with Crippen LogP contribution in [0.2, 0.25) is 0 Å². The number of likely N-dealkylation sites (tertiary alicyclic amines) is 1. The van der Waals surface area contributed by atoms with E-state index < -0.39 is 12.0 Å². The average Bonchev–Trinajstić information content (AvgIpc) is 2.51. The number of carbonyl (C=O) groups excluding carboxylic acids is 3. The lowest BCUT2D eigenvalue weighted by molar-refractivity contribution is -0.137. The van der Waals surface area contributed by atoms with Crippen LogP contribution in [0.25, 0.3) is 0 Å². The maximum Gasteiger partial charge on any atom is 0.338 e. The highest BCUT2D eigenvalue weighted by Gasteiger charge is 2.26. The van der Waals surface area contributed by atoms with E-state index in [-0.39, 0.29) is 12.5 Å². The largest absolute Gasteiger partial charge is 0.452 e. The van der Waals surface area contributed by atoms with Gasteiger partial charge >= 0.3 is 12.0 Å². The lowest BCUT2D eigenvalue weighted by atomic mass is 9.92. The second-order valence-corrected chi connectivity index (χ2v) is 6.39. The summed E-state index contributed by atoms with van der Waals surface area (Å²) in [4.78, 5) is 36.7. The van der Waals surface area contributed by atoms with Gasteiger partial charge in [-0.3, -0.25) is 4.79 Å². The lowest BCUT2D eigenvalue weighted by Gasteiger charge is -2.34. The summed E-state index contributed by atoms with van der Waals surface area (Å²) in [5.41, 5.74) is 5.79. The number of nitrogens with two attached hydrogens (primary N) is 1. The first-order chi connectivity index (χ1) is 11.3. The van der Waals surface area contributed by atoms with E-state index >= 15 is 0 Å². The van der Waals surface area contributed by atoms with Gasteiger partial charge in [0.05, 0.1) is 5.56 Å². The Bertz CT molecular complexity index is 605. The molecule has 3 amide bonds. The number of amides is 3. The summed E-state index contributed by atoms with van der Waals surface area (Å²) in [7, 11) is 0. The van der Waals surface area contributed by atoms with Crippen LogP contribution >= 0.6 is 0 Å². The lowest BCUT2D eigenvalue weighted by Crippen LogP contribution is -2.44. The highest BCUT2D eigenvalue weighted by atomic mass is 16.5. The molecule has 1 aromatic carbocycles. The predicted octanol–water partition coefficient (Wildman–Crippen LogP) is 1.84. The van der Waals surface area contributed by atoms with Gasteiger partial charge in [0.2, 0.25) is 0 Å². The Hall–Kier alpha value is -2.57. The quantitative estimate of drug-likeness (QED) is 0.821. The number of nitrogens with zero attached hydrogens (tertiary/aromatic N) is 1. The molecule has 0 bridgehead atoms. The number of hydrogen-bond donors (Lipinski definition) is 2. The summed E-state index contributed by atoms with van der Waals surface area (Å²) in [6, 6.07) is 5.40. The van der Waals surface area contributed by atoms with Crippen molar-refractivity contribution >= 4 is 23.6 Å². The van der Waals surface area contributed by atoms with Crippen LogP contribution in [-0.4, -0.2) is 42.5 Å². The number of piperidine rings is 1. The van der Waals surface area contributed by atoms with Gasteiger partial charge in [0.15, 0.2) is 6.61 Å². The molecule has 1 heterocycles. The van der Waals surface area contributed by atoms with Crippen LogP contribution in [0.5, 0.6) is 0 Å². The van der Waals surface area contributed by atoms with Crippen molar-refractivity contribution in [1.29, 1.82) is 0 Å². The number of anilines is 1. The number of hydrogen-bond acceptors (Lipinski definition) is 4. The van der Waals surface area contributed by atoms with E-state index in [0.29, 0.717) is 36.2 Å². The molecule has 0 saturated carbocycles. The summed E-state index contributed by atoms with van der Waals surface area (Å²) in [6.45, 7) is 5.37. The number of urea groups is 1. The van der Waals surface area contributed by atoms with Crippen LogP contribution in [-0.2, 0) is 9.53 Å². The minimum absolute atomic E-state index is 0.172. The van der Waals surface area contributed by atoms with Gasteiger partial charge in [-0.25, -0.2) is 9.59 Å². The smallest absolute Gasteiger partial charge is 0.338 e. The Labute approximate surface area is 141 Å². The molecule has 1 aromatic rings. The highest BCUT2D eigenvalue weighted by Crippen LogP contribution is 2.21. The second-order valence-electron chi connectivity index (χ2n) is 6.39. The Morgan fingerprint density at radius 2 is 1.75 bits per heavy atom. The van der Waals surface area contributed by atoms with Crippen molar-refractivity contribution in [3.63, 3.8) is 0 Å². The van der Waals surface area contributed by atoms with E-state index in [1.165, 1.54) is 24.3 Å². The highest BCUT2D eigenvalue weighted by molar-refractivity contribution is 5.93. The van der Waals surface area contributed by atoms with Gasteiger partial charge in [-0.2, -0.15) is 0 Å². The van der Waals surface area contributed by atoms with Crippen LogP contribution in [0.1, 0.15) is 30.6 Å². The number of nitrogens with one attached hydrogen (secondary N) is 1. The third kappa shape index (κ3) is 4.97. The molecule has 3 N–H and O–H groups in total. The van der Waals surface area contributed by atoms with E-state index in [1.54, 1.807) is 4.90 Å². The molecule has 7 heteroatoms. The molecule has 0 aromatic heterocycles. The summed E-state index contributed by atoms with van der Waals surface area (Å²) in [6.07, 6.45) is 1.11. The molecule has 2 rings (SSSR count). The molecule has 2 atom stereocenters. The molecule has 2 unspecified atom stereocenters. The molecular formula is C17H23N3O4. The Morgan fingerprint density at radius 1 is 1.17 bits per heavy atom. The molecule has 24 heavy (non-hydrogen) atoms. The number of rotatable bonds is 4. The van der Waals surface area contributed by atoms with Gasteiger partial charge in [0.1, 0.15) is 0 Å². The number of esters is 1. The van der Waals surface area contributed by atoms with Crippen LogP contribution in [0.15, 0.2) is 24.3 Å². The van der Waals surface area contributed by atoms with Gasteiger partial charge in [-0.1, -0.05) is 13.8 Å². The summed E-state index contributed by atoms with van der Waals surface area (Å²) in [5, 5.41) is 2.40. The van der Waals surface area contributed by atoms with Gasteiger partial charge in [0, 0.05) is 18.8 Å². The fourth-order valence-corrected chi connectivity index (χ4v) is 3.00. The Kier molecular flexibility index (Phi) is 5.78. The Balaban J connectivity index is 1.86. The average molecular weight is 333 g/mol. The van der Waals surface area contributed by atoms with Gasteiger partial charge < -0.3 is 20.7 Å². The minimum Gasteiger partial charge on any atom is -0.452 e. The van der Waals surface area contributed by atoms with Crippen molar-refractivity contribution in [2.45, 2.75) is 20.3 Å². The molecule has 1 aliphatic heterocycles. The van der Waals surface area contributed by atoms with Crippen LogP contribution < -0.4 is 11.1 Å². The molecule has 7 nitrogen and oxygen atoms in total. The van der Waals surface area contributed by atoms with Crippen molar-refractivity contribution in [3.05, 3.63) is 29.8 Å². The molecule has 1 aliphatic rings. The zero-order valence-corrected chi connectivity index (χ0v) is 14.0. The number of primary amides is 1. The van der Waals surface area contributed by atoms with Crippen LogP contribution in [0, 0.1) is 11.8 Å². The maximum absolute atomic E-state index is 12.2. The van der Waals surface area contributed by atoms with Crippen molar-refractivity contribution in [2.24, 2.45) is 17.6 Å². The fourth-order valence-electron chi connectivity index (χ4n) is 3.00. The first-order valence-electron chi connectivity index (χ1n) is 7.96. The SMILES string of the molecule is CC1CC(C)CN(C(=O)COC(=O)c2ccc(NC(N)=O)cc2)C1. The van der Waals surface area contributed by atoms with Gasteiger partial charge in [-0.15, -0.1) is 0 Å². The van der Waals surface area contributed by atoms with E-state index in [4.69, 9.17) is 10.5 Å². The second kappa shape index (κ2) is 7.81. The topological polar surface area (TPSA) is 102 Å². The number of benzene rings is 1. The summed E-state index contributed by atoms with van der Waals surface area (Å²) in [5.74, 6) is 0.165. The van der Waals surface area contributed by atoms with Crippen molar-refractivity contribution in [1.82, 2.24) is 4.90 Å². The molecule has 0 spiro atoms. The van der Waals surface area contributed by atoms with Crippen molar-refractivity contribution in [2.75, 3.05) is 25.0 Å². The normalized spacial score (nSPS) is 20.3. The maximum atomic E-state index is 12.2. The zero-order valence-electron chi connectivity index (χ0n) is 14.0. The monoisotopic (exact) mass is 333 g/mol. The third-order valence-electron chi connectivity index (χ3n) is 3.94. The predicted molar refractivity (Wildman–Crippen MR) is 89.5 cm³/mol. The molecule has 0 aliphatic carbocycles. The van der Waals surface area contributed by atoms with Gasteiger partial charge in [0.25, 0.3) is 5.91 Å². The van der Waals surface area contributed by atoms with E-state index in [1.807, 2.05) is 0 Å². The standard InChI is InChI=1S/C17H23N3O4/c1-11-7-12(2)9-20(8-11)15(21)10-24-16(22)13-3-5-14(6-4-13)19-17(18)23/h3-6,11-12H,7-10H2,1-2H3,(H3,18,19,23). The molecular weight excluding hydrogens is 310 g/mol. The van der Waals surface area contributed by atoms with E-state index in [9.17, 15) is 14.4 Å². The molecule has 130 valence electrons. The molecule has 1 saturated heterocycles. The van der Waals surface area contributed by atoms with Crippen molar-refractivity contribution < 1.29 is 19.1 Å². The number of ether oxygens (including phenoxy) is 1.